The number of benzene rings is 2. The van der Waals surface area contributed by atoms with E-state index in [0.29, 0.717) is 27.7 Å². The minimum absolute atomic E-state index is 0.309. The first kappa shape index (κ1) is 20.1. The number of hydrogen-bond acceptors (Lipinski definition) is 4. The van der Waals surface area contributed by atoms with Crippen molar-refractivity contribution in [3.05, 3.63) is 59.6 Å². The van der Waals surface area contributed by atoms with Crippen molar-refractivity contribution < 1.29 is 18.7 Å². The molecule has 4 rings (SSSR count). The molecule has 1 aliphatic heterocycles. The molecule has 0 saturated carbocycles. The zero-order valence-corrected chi connectivity index (χ0v) is 17.4. The fourth-order valence-corrected chi connectivity index (χ4v) is 4.01. The van der Waals surface area contributed by atoms with Gasteiger partial charge in [0, 0.05) is 24.0 Å². The Balaban J connectivity index is 1.67. The standard InChI is InChI=1S/C22H19ClFN3O3/c1-22(2)21(29)26(3)17-11-13(24)7-8-16(17)27(22)19(28)12-30-18-6-4-5-15-14(18)9-10-25-20(15)23/h4-11H,12H2,1-3H3. The highest BCUT2D eigenvalue weighted by Gasteiger charge is 2.46. The van der Waals surface area contributed by atoms with Gasteiger partial charge < -0.3 is 9.64 Å². The molecule has 0 fully saturated rings. The average molecular weight is 428 g/mol. The van der Waals surface area contributed by atoms with Gasteiger partial charge in [0.05, 0.1) is 11.4 Å². The van der Waals surface area contributed by atoms with Crippen molar-refractivity contribution in [2.24, 2.45) is 0 Å². The van der Waals surface area contributed by atoms with E-state index in [1.54, 1.807) is 45.3 Å². The molecule has 0 bridgehead atoms. The van der Waals surface area contributed by atoms with E-state index >= 15 is 0 Å². The van der Waals surface area contributed by atoms with Gasteiger partial charge in [-0.1, -0.05) is 23.7 Å². The van der Waals surface area contributed by atoms with E-state index in [2.05, 4.69) is 4.98 Å². The molecule has 0 spiro atoms. The Hall–Kier alpha value is -3.19. The maximum Gasteiger partial charge on any atom is 0.265 e. The first-order valence-electron chi connectivity index (χ1n) is 9.28. The van der Waals surface area contributed by atoms with Crippen LogP contribution in [-0.4, -0.2) is 36.0 Å². The van der Waals surface area contributed by atoms with Gasteiger partial charge in [-0.3, -0.25) is 14.5 Å². The molecule has 1 aliphatic rings. The van der Waals surface area contributed by atoms with Crippen LogP contribution in [-0.2, 0) is 9.59 Å². The van der Waals surface area contributed by atoms with Crippen LogP contribution in [0.15, 0.2) is 48.7 Å². The summed E-state index contributed by atoms with van der Waals surface area (Å²) in [5, 5.41) is 1.77. The number of fused-ring (bicyclic) bond motifs is 2. The van der Waals surface area contributed by atoms with Crippen LogP contribution in [0.5, 0.6) is 5.75 Å². The minimum atomic E-state index is -1.16. The Morgan fingerprint density at radius 3 is 2.70 bits per heavy atom. The summed E-state index contributed by atoms with van der Waals surface area (Å²) in [6.45, 7) is 3.00. The number of halogens is 2. The van der Waals surface area contributed by atoms with Gasteiger partial charge in [0.25, 0.3) is 11.8 Å². The van der Waals surface area contributed by atoms with E-state index in [1.165, 1.54) is 28.0 Å². The minimum Gasteiger partial charge on any atom is -0.483 e. The van der Waals surface area contributed by atoms with Gasteiger partial charge in [-0.15, -0.1) is 0 Å². The van der Waals surface area contributed by atoms with Crippen molar-refractivity contribution in [3.8, 4) is 5.75 Å². The molecule has 2 amide bonds. The average Bonchev–Trinajstić information content (AvgIpc) is 2.71. The molecular formula is C22H19ClFN3O3. The maximum absolute atomic E-state index is 13.8. The summed E-state index contributed by atoms with van der Waals surface area (Å²) in [5.74, 6) is -0.760. The van der Waals surface area contributed by atoms with E-state index < -0.39 is 17.3 Å². The lowest BCUT2D eigenvalue weighted by molar-refractivity contribution is -0.128. The SMILES string of the molecule is CN1C(=O)C(C)(C)N(C(=O)COc2cccc3c(Cl)nccc23)c2ccc(F)cc21. The van der Waals surface area contributed by atoms with Gasteiger partial charge in [-0.25, -0.2) is 9.37 Å². The van der Waals surface area contributed by atoms with Crippen LogP contribution in [0.25, 0.3) is 10.8 Å². The number of carbonyl (C=O) groups excluding carboxylic acids is 2. The van der Waals surface area contributed by atoms with Crippen molar-refractivity contribution in [1.82, 2.24) is 4.98 Å². The maximum atomic E-state index is 13.8. The topological polar surface area (TPSA) is 62.7 Å². The van der Waals surface area contributed by atoms with Gasteiger partial charge in [0.1, 0.15) is 22.3 Å². The van der Waals surface area contributed by atoms with Crippen LogP contribution in [0.1, 0.15) is 13.8 Å². The third-order valence-electron chi connectivity index (χ3n) is 5.24. The van der Waals surface area contributed by atoms with Crippen LogP contribution in [0.2, 0.25) is 5.15 Å². The third kappa shape index (κ3) is 3.15. The number of anilines is 2. The molecule has 0 radical (unpaired) electrons. The predicted octanol–water partition coefficient (Wildman–Crippen LogP) is 4.19. The lowest BCUT2D eigenvalue weighted by Crippen LogP contribution is -2.62. The van der Waals surface area contributed by atoms with Crippen LogP contribution in [0.3, 0.4) is 0 Å². The molecule has 2 heterocycles. The number of carbonyl (C=O) groups is 2. The summed E-state index contributed by atoms with van der Waals surface area (Å²) in [6.07, 6.45) is 1.56. The lowest BCUT2D eigenvalue weighted by atomic mass is 9.95. The van der Waals surface area contributed by atoms with E-state index in [9.17, 15) is 14.0 Å². The summed E-state index contributed by atoms with van der Waals surface area (Å²) in [4.78, 5) is 32.8. The number of aromatic nitrogens is 1. The molecule has 154 valence electrons. The molecule has 0 saturated heterocycles. The number of ether oxygens (including phenoxy) is 1. The van der Waals surface area contributed by atoms with Crippen LogP contribution >= 0.6 is 11.6 Å². The Morgan fingerprint density at radius 1 is 1.17 bits per heavy atom. The van der Waals surface area contributed by atoms with Gasteiger partial charge in [-0.05, 0) is 44.2 Å². The van der Waals surface area contributed by atoms with Crippen molar-refractivity contribution in [3.63, 3.8) is 0 Å². The summed E-state index contributed by atoms with van der Waals surface area (Å²) >= 11 is 6.13. The van der Waals surface area contributed by atoms with Gasteiger partial charge in [0.15, 0.2) is 6.61 Å². The number of rotatable bonds is 3. The molecule has 0 aliphatic carbocycles. The molecule has 0 N–H and O–H groups in total. The van der Waals surface area contributed by atoms with E-state index in [4.69, 9.17) is 16.3 Å². The zero-order valence-electron chi connectivity index (χ0n) is 16.6. The Kier molecular flexibility index (Phi) is 4.86. The van der Waals surface area contributed by atoms with Gasteiger partial charge in [0.2, 0.25) is 0 Å². The largest absolute Gasteiger partial charge is 0.483 e. The van der Waals surface area contributed by atoms with E-state index in [0.717, 1.165) is 5.39 Å². The Morgan fingerprint density at radius 2 is 1.93 bits per heavy atom. The summed E-state index contributed by atoms with van der Waals surface area (Å²) < 4.78 is 19.6. The number of likely N-dealkylation sites (N-methyl/N-ethyl adjacent to an activating group) is 1. The quantitative estimate of drug-likeness (QED) is 0.588. The van der Waals surface area contributed by atoms with Crippen molar-refractivity contribution >= 4 is 45.6 Å². The second-order valence-electron chi connectivity index (χ2n) is 7.53. The number of pyridine rings is 1. The second-order valence-corrected chi connectivity index (χ2v) is 7.89. The fraction of sp³-hybridized carbons (Fsp3) is 0.227. The molecule has 0 atom stereocenters. The second kappa shape index (κ2) is 7.25. The van der Waals surface area contributed by atoms with Crippen LogP contribution in [0, 0.1) is 5.82 Å². The lowest BCUT2D eigenvalue weighted by Gasteiger charge is -2.45. The first-order chi connectivity index (χ1) is 14.2. The van der Waals surface area contributed by atoms with Gasteiger partial charge in [-0.2, -0.15) is 0 Å². The van der Waals surface area contributed by atoms with E-state index in [1.807, 2.05) is 6.07 Å². The van der Waals surface area contributed by atoms with Crippen molar-refractivity contribution in [2.75, 3.05) is 23.5 Å². The van der Waals surface area contributed by atoms with Crippen molar-refractivity contribution in [2.45, 2.75) is 19.4 Å². The molecule has 3 aromatic rings. The predicted molar refractivity (Wildman–Crippen MR) is 114 cm³/mol. The molecule has 6 nitrogen and oxygen atoms in total. The monoisotopic (exact) mass is 427 g/mol. The first-order valence-corrected chi connectivity index (χ1v) is 9.66. The van der Waals surface area contributed by atoms with Crippen molar-refractivity contribution in [1.29, 1.82) is 0 Å². The molecule has 2 aromatic carbocycles. The number of hydrogen-bond donors (Lipinski definition) is 0. The molecule has 1 aromatic heterocycles. The highest BCUT2D eigenvalue weighted by molar-refractivity contribution is 6.34. The van der Waals surface area contributed by atoms with E-state index in [-0.39, 0.29) is 12.5 Å². The highest BCUT2D eigenvalue weighted by Crippen LogP contribution is 2.40. The van der Waals surface area contributed by atoms with Gasteiger partial charge >= 0.3 is 0 Å². The Bertz CT molecular complexity index is 1180. The third-order valence-corrected chi connectivity index (χ3v) is 5.55. The van der Waals surface area contributed by atoms with Crippen LogP contribution in [0.4, 0.5) is 15.8 Å². The smallest absolute Gasteiger partial charge is 0.265 e. The molecule has 8 heteroatoms. The fourth-order valence-electron chi connectivity index (χ4n) is 3.79. The molecular weight excluding hydrogens is 409 g/mol. The number of amides is 2. The normalized spacial score (nSPS) is 15.3. The van der Waals surface area contributed by atoms with Crippen LogP contribution < -0.4 is 14.5 Å². The summed E-state index contributed by atoms with van der Waals surface area (Å²) in [5.41, 5.74) is -0.385. The molecule has 30 heavy (non-hydrogen) atoms. The Labute approximate surface area is 177 Å². The highest BCUT2D eigenvalue weighted by atomic mass is 35.5. The summed E-state index contributed by atoms with van der Waals surface area (Å²) in [6, 6.07) is 11.1. The number of nitrogens with zero attached hydrogens (tertiary/aromatic N) is 3. The summed E-state index contributed by atoms with van der Waals surface area (Å²) in [7, 11) is 1.56. The molecule has 0 unspecified atom stereocenters. The zero-order chi connectivity index (χ0) is 21.6.